The minimum Gasteiger partial charge on any atom is -0.469 e. The number of rotatable bonds is 4. The van der Waals surface area contributed by atoms with Crippen LogP contribution in [0.15, 0.2) is 12.1 Å². The zero-order valence-electron chi connectivity index (χ0n) is 12.1. The van der Waals surface area contributed by atoms with Crippen LogP contribution in [0, 0.1) is 5.92 Å². The standard InChI is InChI=1S/C15H22N2O3/c1-3-11-8-13(10-18)16-14(9-11)17-6-4-12(5-7-17)15(19)20-2/h8-9,12,18H,3-7,10H2,1-2H3. The first-order valence-electron chi connectivity index (χ1n) is 7.11. The highest BCUT2D eigenvalue weighted by molar-refractivity contribution is 5.72. The van der Waals surface area contributed by atoms with Crippen LogP contribution in [-0.4, -0.2) is 36.3 Å². The van der Waals surface area contributed by atoms with Crippen molar-refractivity contribution in [1.82, 2.24) is 4.98 Å². The molecule has 0 saturated carbocycles. The van der Waals surface area contributed by atoms with Crippen LogP contribution < -0.4 is 4.90 Å². The molecule has 1 aliphatic heterocycles. The number of hydrogen-bond acceptors (Lipinski definition) is 5. The van der Waals surface area contributed by atoms with E-state index in [0.717, 1.165) is 38.2 Å². The second-order valence-electron chi connectivity index (χ2n) is 5.12. The maximum atomic E-state index is 11.5. The molecular weight excluding hydrogens is 256 g/mol. The quantitative estimate of drug-likeness (QED) is 0.846. The fourth-order valence-electron chi connectivity index (χ4n) is 2.59. The molecule has 1 aromatic heterocycles. The third kappa shape index (κ3) is 3.28. The van der Waals surface area contributed by atoms with Crippen LogP contribution in [-0.2, 0) is 22.6 Å². The summed E-state index contributed by atoms with van der Waals surface area (Å²) in [4.78, 5) is 18.2. The van der Waals surface area contributed by atoms with Crippen LogP contribution in [0.25, 0.3) is 0 Å². The van der Waals surface area contributed by atoms with E-state index in [-0.39, 0.29) is 18.5 Å². The van der Waals surface area contributed by atoms with E-state index in [2.05, 4.69) is 22.9 Å². The number of pyridine rings is 1. The number of aliphatic hydroxyl groups is 1. The molecule has 1 fully saturated rings. The van der Waals surface area contributed by atoms with Gasteiger partial charge < -0.3 is 14.7 Å². The van der Waals surface area contributed by atoms with Crippen LogP contribution in [0.1, 0.15) is 31.0 Å². The van der Waals surface area contributed by atoms with Crippen molar-refractivity contribution in [2.75, 3.05) is 25.1 Å². The van der Waals surface area contributed by atoms with Gasteiger partial charge in [0.2, 0.25) is 0 Å². The van der Waals surface area contributed by atoms with E-state index in [1.165, 1.54) is 12.7 Å². The van der Waals surface area contributed by atoms with Gasteiger partial charge in [-0.25, -0.2) is 4.98 Å². The topological polar surface area (TPSA) is 62.7 Å². The van der Waals surface area contributed by atoms with E-state index in [1.54, 1.807) is 0 Å². The Morgan fingerprint density at radius 3 is 2.70 bits per heavy atom. The van der Waals surface area contributed by atoms with E-state index >= 15 is 0 Å². The Labute approximate surface area is 119 Å². The smallest absolute Gasteiger partial charge is 0.308 e. The molecule has 0 radical (unpaired) electrons. The van der Waals surface area contributed by atoms with Gasteiger partial charge in [-0.1, -0.05) is 6.92 Å². The number of nitrogens with zero attached hydrogens (tertiary/aromatic N) is 2. The van der Waals surface area contributed by atoms with Crippen molar-refractivity contribution in [2.45, 2.75) is 32.8 Å². The molecule has 0 atom stereocenters. The number of aliphatic hydroxyl groups excluding tert-OH is 1. The van der Waals surface area contributed by atoms with Gasteiger partial charge in [0, 0.05) is 13.1 Å². The number of ether oxygens (including phenoxy) is 1. The molecule has 0 aliphatic carbocycles. The fourth-order valence-corrected chi connectivity index (χ4v) is 2.59. The van der Waals surface area contributed by atoms with E-state index in [4.69, 9.17) is 4.74 Å². The number of carbonyl (C=O) groups excluding carboxylic acids is 1. The number of aryl methyl sites for hydroxylation is 1. The van der Waals surface area contributed by atoms with Crippen molar-refractivity contribution in [3.8, 4) is 0 Å². The van der Waals surface area contributed by atoms with Crippen molar-refractivity contribution in [1.29, 1.82) is 0 Å². The van der Waals surface area contributed by atoms with Gasteiger partial charge in [-0.05, 0) is 37.0 Å². The molecule has 1 aliphatic rings. The van der Waals surface area contributed by atoms with Gasteiger partial charge in [-0.15, -0.1) is 0 Å². The molecule has 0 spiro atoms. The zero-order chi connectivity index (χ0) is 14.5. The lowest BCUT2D eigenvalue weighted by Gasteiger charge is -2.32. The van der Waals surface area contributed by atoms with Gasteiger partial charge in [0.1, 0.15) is 5.82 Å². The third-order valence-corrected chi connectivity index (χ3v) is 3.85. The Balaban J connectivity index is 2.08. The van der Waals surface area contributed by atoms with E-state index < -0.39 is 0 Å². The summed E-state index contributed by atoms with van der Waals surface area (Å²) < 4.78 is 4.80. The summed E-state index contributed by atoms with van der Waals surface area (Å²) >= 11 is 0. The van der Waals surface area contributed by atoms with E-state index in [9.17, 15) is 9.90 Å². The summed E-state index contributed by atoms with van der Waals surface area (Å²) in [6, 6.07) is 4.00. The van der Waals surface area contributed by atoms with Crippen molar-refractivity contribution in [3.05, 3.63) is 23.4 Å². The second-order valence-corrected chi connectivity index (χ2v) is 5.12. The number of anilines is 1. The van der Waals surface area contributed by atoms with Gasteiger partial charge in [0.05, 0.1) is 25.3 Å². The molecule has 110 valence electrons. The first-order chi connectivity index (χ1) is 9.67. The summed E-state index contributed by atoms with van der Waals surface area (Å²) in [7, 11) is 1.44. The molecule has 0 bridgehead atoms. The zero-order valence-corrected chi connectivity index (χ0v) is 12.1. The molecule has 0 amide bonds. The van der Waals surface area contributed by atoms with Crippen molar-refractivity contribution in [2.24, 2.45) is 5.92 Å². The van der Waals surface area contributed by atoms with Crippen LogP contribution in [0.2, 0.25) is 0 Å². The lowest BCUT2D eigenvalue weighted by molar-refractivity contribution is -0.146. The van der Waals surface area contributed by atoms with Gasteiger partial charge in [-0.3, -0.25) is 4.79 Å². The van der Waals surface area contributed by atoms with Crippen molar-refractivity contribution in [3.63, 3.8) is 0 Å². The van der Waals surface area contributed by atoms with E-state index in [0.29, 0.717) is 5.69 Å². The Morgan fingerprint density at radius 2 is 2.15 bits per heavy atom. The maximum Gasteiger partial charge on any atom is 0.308 e. The minimum atomic E-state index is -0.115. The molecule has 2 heterocycles. The highest BCUT2D eigenvalue weighted by Gasteiger charge is 2.26. The number of hydrogen-bond donors (Lipinski definition) is 1. The molecule has 0 unspecified atom stereocenters. The number of aromatic nitrogens is 1. The van der Waals surface area contributed by atoms with Gasteiger partial charge in [-0.2, -0.15) is 0 Å². The van der Waals surface area contributed by atoms with Crippen molar-refractivity contribution >= 4 is 11.8 Å². The average Bonchev–Trinajstić information content (AvgIpc) is 2.53. The van der Waals surface area contributed by atoms with Crippen LogP contribution >= 0.6 is 0 Å². The van der Waals surface area contributed by atoms with Crippen molar-refractivity contribution < 1.29 is 14.6 Å². The first-order valence-corrected chi connectivity index (χ1v) is 7.11. The summed E-state index contributed by atoms with van der Waals surface area (Å²) in [5.74, 6) is 0.788. The van der Waals surface area contributed by atoms with Crippen LogP contribution in [0.5, 0.6) is 0 Å². The fraction of sp³-hybridized carbons (Fsp3) is 0.600. The second kappa shape index (κ2) is 6.70. The Bertz CT molecular complexity index is 446. The van der Waals surface area contributed by atoms with Gasteiger partial charge in [0.25, 0.3) is 0 Å². The molecule has 0 aromatic carbocycles. The molecule has 20 heavy (non-hydrogen) atoms. The molecule has 1 saturated heterocycles. The number of piperidine rings is 1. The third-order valence-electron chi connectivity index (χ3n) is 3.85. The highest BCUT2D eigenvalue weighted by atomic mass is 16.5. The molecule has 1 N–H and O–H groups in total. The Morgan fingerprint density at radius 1 is 1.45 bits per heavy atom. The predicted molar refractivity (Wildman–Crippen MR) is 76.5 cm³/mol. The highest BCUT2D eigenvalue weighted by Crippen LogP contribution is 2.24. The molecule has 5 heteroatoms. The van der Waals surface area contributed by atoms with Crippen LogP contribution in [0.4, 0.5) is 5.82 Å². The number of carbonyl (C=O) groups is 1. The first kappa shape index (κ1) is 14.8. The average molecular weight is 278 g/mol. The van der Waals surface area contributed by atoms with Gasteiger partial charge in [0.15, 0.2) is 0 Å². The maximum absolute atomic E-state index is 11.5. The summed E-state index contributed by atoms with van der Waals surface area (Å²) in [6.45, 7) is 3.64. The SMILES string of the molecule is CCc1cc(CO)nc(N2CCC(C(=O)OC)CC2)c1. The lowest BCUT2D eigenvalue weighted by atomic mass is 9.97. The normalized spacial score (nSPS) is 16.2. The predicted octanol–water partition coefficient (Wildman–Crippen LogP) is 1.53. The summed E-state index contributed by atoms with van der Waals surface area (Å²) in [6.07, 6.45) is 2.50. The Kier molecular flexibility index (Phi) is 4.95. The molecule has 2 rings (SSSR count). The Hall–Kier alpha value is -1.62. The van der Waals surface area contributed by atoms with E-state index in [1.807, 2.05) is 6.07 Å². The van der Waals surface area contributed by atoms with Crippen LogP contribution in [0.3, 0.4) is 0 Å². The monoisotopic (exact) mass is 278 g/mol. The molecular formula is C15H22N2O3. The molecule has 5 nitrogen and oxygen atoms in total. The summed E-state index contributed by atoms with van der Waals surface area (Å²) in [5, 5.41) is 9.28. The molecule has 1 aromatic rings. The largest absolute Gasteiger partial charge is 0.469 e. The number of methoxy groups -OCH3 is 1. The lowest BCUT2D eigenvalue weighted by Crippen LogP contribution is -2.37. The van der Waals surface area contributed by atoms with Gasteiger partial charge >= 0.3 is 5.97 Å². The summed E-state index contributed by atoms with van der Waals surface area (Å²) in [5.41, 5.74) is 1.88. The number of esters is 1. The minimum absolute atomic E-state index is 0.00270.